The SMILES string of the molecule is NC1C2CCCC1CC(C(=O)Nc1ccc3c(c1)S(=O)(=O)CC3)C2. The molecule has 2 aliphatic carbocycles. The largest absolute Gasteiger partial charge is 0.327 e. The van der Waals surface area contributed by atoms with Gasteiger partial charge in [-0.15, -0.1) is 0 Å². The van der Waals surface area contributed by atoms with Crippen LogP contribution in [0.3, 0.4) is 0 Å². The fourth-order valence-electron chi connectivity index (χ4n) is 4.73. The molecule has 2 fully saturated rings. The summed E-state index contributed by atoms with van der Waals surface area (Å²) in [6, 6.07) is 5.49. The highest BCUT2D eigenvalue weighted by atomic mass is 32.2. The predicted molar refractivity (Wildman–Crippen MR) is 92.4 cm³/mol. The molecule has 0 spiro atoms. The number of hydrogen-bond donors (Lipinski definition) is 2. The van der Waals surface area contributed by atoms with Crippen LogP contribution in [-0.4, -0.2) is 26.1 Å². The number of benzene rings is 1. The highest BCUT2D eigenvalue weighted by molar-refractivity contribution is 7.91. The Labute approximate surface area is 142 Å². The smallest absolute Gasteiger partial charge is 0.227 e. The number of aryl methyl sites for hydroxylation is 1. The van der Waals surface area contributed by atoms with E-state index in [1.807, 2.05) is 12.1 Å². The minimum Gasteiger partial charge on any atom is -0.327 e. The number of sulfone groups is 1. The van der Waals surface area contributed by atoms with Gasteiger partial charge in [0.1, 0.15) is 0 Å². The van der Waals surface area contributed by atoms with Gasteiger partial charge >= 0.3 is 0 Å². The summed E-state index contributed by atoms with van der Waals surface area (Å²) in [5.41, 5.74) is 7.73. The van der Waals surface area contributed by atoms with Gasteiger partial charge in [-0.2, -0.15) is 0 Å². The molecule has 2 bridgehead atoms. The number of rotatable bonds is 2. The number of amides is 1. The van der Waals surface area contributed by atoms with E-state index in [-0.39, 0.29) is 23.6 Å². The van der Waals surface area contributed by atoms with Crippen molar-refractivity contribution < 1.29 is 13.2 Å². The third-order valence-electron chi connectivity index (χ3n) is 6.09. The van der Waals surface area contributed by atoms with Crippen molar-refractivity contribution >= 4 is 21.4 Å². The van der Waals surface area contributed by atoms with Crippen molar-refractivity contribution in [3.05, 3.63) is 23.8 Å². The van der Waals surface area contributed by atoms with Crippen LogP contribution in [0.25, 0.3) is 0 Å². The van der Waals surface area contributed by atoms with E-state index in [0.717, 1.165) is 31.2 Å². The molecule has 0 aromatic heterocycles. The van der Waals surface area contributed by atoms with Gasteiger partial charge < -0.3 is 11.1 Å². The molecular weight excluding hydrogens is 324 g/mol. The molecule has 2 atom stereocenters. The molecule has 2 saturated carbocycles. The average Bonchev–Trinajstić information content (AvgIpc) is 2.82. The maximum atomic E-state index is 12.7. The van der Waals surface area contributed by atoms with Crippen molar-refractivity contribution in [2.75, 3.05) is 11.1 Å². The molecule has 5 nitrogen and oxygen atoms in total. The molecule has 2 unspecified atom stereocenters. The van der Waals surface area contributed by atoms with E-state index >= 15 is 0 Å². The Morgan fingerprint density at radius 2 is 1.88 bits per heavy atom. The van der Waals surface area contributed by atoms with Gasteiger partial charge in [-0.1, -0.05) is 12.5 Å². The van der Waals surface area contributed by atoms with Crippen molar-refractivity contribution in [2.24, 2.45) is 23.5 Å². The summed E-state index contributed by atoms with van der Waals surface area (Å²) in [4.78, 5) is 13.0. The second-order valence-corrected chi connectivity index (χ2v) is 9.65. The topological polar surface area (TPSA) is 89.3 Å². The highest BCUT2D eigenvalue weighted by Gasteiger charge is 2.40. The molecule has 3 N–H and O–H groups in total. The summed E-state index contributed by atoms with van der Waals surface area (Å²) >= 11 is 0. The molecular formula is C18H24N2O3S. The molecule has 3 aliphatic rings. The van der Waals surface area contributed by atoms with Crippen LogP contribution in [0.4, 0.5) is 5.69 Å². The van der Waals surface area contributed by atoms with Crippen LogP contribution in [-0.2, 0) is 21.1 Å². The van der Waals surface area contributed by atoms with Crippen molar-refractivity contribution in [3.8, 4) is 0 Å². The number of anilines is 1. The summed E-state index contributed by atoms with van der Waals surface area (Å²) in [7, 11) is -3.18. The normalized spacial score (nSPS) is 33.7. The van der Waals surface area contributed by atoms with Crippen LogP contribution >= 0.6 is 0 Å². The number of carbonyl (C=O) groups is 1. The van der Waals surface area contributed by atoms with E-state index in [0.29, 0.717) is 28.8 Å². The standard InChI is InChI=1S/C18H24N2O3S/c19-17-12-2-1-3-13(17)9-14(8-12)18(21)20-15-5-4-11-6-7-24(22,23)16(11)10-15/h4-5,10,12-14,17H,1-3,6-9,19H2,(H,20,21). The quantitative estimate of drug-likeness (QED) is 0.856. The molecule has 1 aliphatic heterocycles. The van der Waals surface area contributed by atoms with Gasteiger partial charge in [0.2, 0.25) is 5.91 Å². The number of fused-ring (bicyclic) bond motifs is 3. The molecule has 1 aromatic rings. The first-order valence-electron chi connectivity index (χ1n) is 8.86. The van der Waals surface area contributed by atoms with Crippen LogP contribution in [0, 0.1) is 17.8 Å². The Morgan fingerprint density at radius 1 is 1.17 bits per heavy atom. The second kappa shape index (κ2) is 5.85. The average molecular weight is 348 g/mol. The lowest BCUT2D eigenvalue weighted by atomic mass is 9.65. The summed E-state index contributed by atoms with van der Waals surface area (Å²) in [6.45, 7) is 0. The number of carbonyl (C=O) groups excluding carboxylic acids is 1. The zero-order valence-corrected chi connectivity index (χ0v) is 14.5. The zero-order chi connectivity index (χ0) is 16.9. The van der Waals surface area contributed by atoms with E-state index in [4.69, 9.17) is 5.73 Å². The molecule has 0 radical (unpaired) electrons. The molecule has 6 heteroatoms. The Bertz CT molecular complexity index is 760. The summed E-state index contributed by atoms with van der Waals surface area (Å²) in [6.07, 6.45) is 5.74. The third-order valence-corrected chi connectivity index (χ3v) is 7.89. The lowest BCUT2D eigenvalue weighted by molar-refractivity contribution is -0.122. The minimum atomic E-state index is -3.18. The molecule has 1 heterocycles. The maximum Gasteiger partial charge on any atom is 0.227 e. The molecule has 4 rings (SSSR count). The third kappa shape index (κ3) is 2.75. The van der Waals surface area contributed by atoms with E-state index in [9.17, 15) is 13.2 Å². The Hall–Kier alpha value is -1.40. The summed E-state index contributed by atoms with van der Waals surface area (Å²) < 4.78 is 24.1. The van der Waals surface area contributed by atoms with Crippen molar-refractivity contribution in [1.29, 1.82) is 0 Å². The van der Waals surface area contributed by atoms with Crippen LogP contribution < -0.4 is 11.1 Å². The first kappa shape index (κ1) is 16.1. The lowest BCUT2D eigenvalue weighted by Crippen LogP contribution is -2.48. The van der Waals surface area contributed by atoms with Crippen LogP contribution in [0.2, 0.25) is 0 Å². The van der Waals surface area contributed by atoms with Crippen LogP contribution in [0.5, 0.6) is 0 Å². The summed E-state index contributed by atoms with van der Waals surface area (Å²) in [5, 5.41) is 2.94. The van der Waals surface area contributed by atoms with Gasteiger partial charge in [-0.3, -0.25) is 4.79 Å². The zero-order valence-electron chi connectivity index (χ0n) is 13.7. The van der Waals surface area contributed by atoms with E-state index in [1.54, 1.807) is 6.07 Å². The fraction of sp³-hybridized carbons (Fsp3) is 0.611. The van der Waals surface area contributed by atoms with Gasteiger partial charge in [0.15, 0.2) is 9.84 Å². The van der Waals surface area contributed by atoms with Crippen LogP contribution in [0.15, 0.2) is 23.1 Å². The van der Waals surface area contributed by atoms with E-state index < -0.39 is 9.84 Å². The minimum absolute atomic E-state index is 0.00847. The fourth-order valence-corrected chi connectivity index (χ4v) is 6.31. The molecule has 24 heavy (non-hydrogen) atoms. The molecule has 1 aromatic carbocycles. The first-order chi connectivity index (χ1) is 11.4. The molecule has 1 amide bonds. The highest BCUT2D eigenvalue weighted by Crippen LogP contribution is 2.42. The van der Waals surface area contributed by atoms with Gasteiger partial charge in [0.05, 0.1) is 10.6 Å². The molecule has 130 valence electrons. The predicted octanol–water partition coefficient (Wildman–Crippen LogP) is 2.11. The van der Waals surface area contributed by atoms with Crippen molar-refractivity contribution in [2.45, 2.75) is 49.5 Å². The second-order valence-electron chi connectivity index (χ2n) is 7.58. The van der Waals surface area contributed by atoms with Gasteiger partial charge in [0, 0.05) is 17.6 Å². The first-order valence-corrected chi connectivity index (χ1v) is 10.5. The number of nitrogens with one attached hydrogen (secondary N) is 1. The molecule has 0 saturated heterocycles. The monoisotopic (exact) mass is 348 g/mol. The number of nitrogens with two attached hydrogens (primary N) is 1. The van der Waals surface area contributed by atoms with Gasteiger partial charge in [-0.05, 0) is 61.6 Å². The van der Waals surface area contributed by atoms with Gasteiger partial charge in [0.25, 0.3) is 0 Å². The van der Waals surface area contributed by atoms with Crippen molar-refractivity contribution in [1.82, 2.24) is 0 Å². The van der Waals surface area contributed by atoms with E-state index in [2.05, 4.69) is 5.32 Å². The van der Waals surface area contributed by atoms with Crippen molar-refractivity contribution in [3.63, 3.8) is 0 Å². The maximum absolute atomic E-state index is 12.7. The van der Waals surface area contributed by atoms with Gasteiger partial charge in [-0.25, -0.2) is 8.42 Å². The van der Waals surface area contributed by atoms with E-state index in [1.165, 1.54) is 6.42 Å². The Balaban J connectivity index is 1.49. The Kier molecular flexibility index (Phi) is 3.92. The Morgan fingerprint density at radius 3 is 2.58 bits per heavy atom. The lowest BCUT2D eigenvalue weighted by Gasteiger charge is -2.43. The summed E-state index contributed by atoms with van der Waals surface area (Å²) in [5.74, 6) is 1.07. The van der Waals surface area contributed by atoms with Crippen LogP contribution in [0.1, 0.15) is 37.7 Å². The number of hydrogen-bond acceptors (Lipinski definition) is 4.